The minimum absolute atomic E-state index is 0.191. The largest absolute Gasteiger partial charge is 0.456 e. The van der Waals surface area contributed by atoms with Gasteiger partial charge in [-0.05, 0) is 92.4 Å². The van der Waals surface area contributed by atoms with Gasteiger partial charge in [-0.15, -0.1) is 0 Å². The lowest BCUT2D eigenvalue weighted by Gasteiger charge is -2.42. The molecule has 4 N–H and O–H groups in total. The molecule has 2 heterocycles. The Labute approximate surface area is 294 Å². The highest BCUT2D eigenvalue weighted by molar-refractivity contribution is 6.17. The van der Waals surface area contributed by atoms with Crippen molar-refractivity contribution in [1.29, 1.82) is 0 Å². The number of nitrogen functional groups attached to an aromatic ring is 1. The van der Waals surface area contributed by atoms with E-state index < -0.39 is 5.54 Å². The van der Waals surface area contributed by atoms with Gasteiger partial charge in [0.25, 0.3) is 5.91 Å². The summed E-state index contributed by atoms with van der Waals surface area (Å²) in [6.45, 7) is 13.8. The third-order valence-electron chi connectivity index (χ3n) is 9.03. The number of hydrogen-bond donors (Lipinski definition) is 3. The molecule has 1 spiro atoms. The third-order valence-corrected chi connectivity index (χ3v) is 9.03. The van der Waals surface area contributed by atoms with Gasteiger partial charge in [0.05, 0.1) is 11.9 Å². The molecule has 5 aromatic rings. The molecule has 0 fully saturated rings. The summed E-state index contributed by atoms with van der Waals surface area (Å²) in [5.41, 5.74) is 15.7. The first-order valence-corrected chi connectivity index (χ1v) is 17.3. The number of anilines is 3. The maximum absolute atomic E-state index is 14.4. The molecule has 0 unspecified atom stereocenters. The molecule has 5 aromatic carbocycles. The van der Waals surface area contributed by atoms with Crippen molar-refractivity contribution in [2.24, 2.45) is 10.1 Å². The van der Waals surface area contributed by atoms with Gasteiger partial charge in [0, 0.05) is 70.8 Å². The number of ether oxygens (including phenoxy) is 1. The summed E-state index contributed by atoms with van der Waals surface area (Å²) in [5, 5.41) is 13.4. The van der Waals surface area contributed by atoms with Crippen molar-refractivity contribution >= 4 is 41.1 Å². The Kier molecular flexibility index (Phi) is 9.72. The van der Waals surface area contributed by atoms with E-state index in [9.17, 15) is 4.79 Å². The number of hydrazone groups is 1. The number of benzene rings is 5. The van der Waals surface area contributed by atoms with Gasteiger partial charge in [-0.2, -0.15) is 5.10 Å². The van der Waals surface area contributed by atoms with Gasteiger partial charge in [-0.25, -0.2) is 5.01 Å². The van der Waals surface area contributed by atoms with E-state index in [1.54, 1.807) is 17.4 Å². The van der Waals surface area contributed by atoms with E-state index in [4.69, 9.17) is 15.6 Å². The standard InChI is InChI=1S/C40H38N6O2.C2H6/c1-5-42-35-23-37-33(21-25(35)3)40(34-22-26(4)36(43-6-2)24-38(34)48-37)32-10-8-7-9-31(32)39(47)46(40)45-20-19-44-30-17-13-28(14-18-30)27-11-15-29(41)16-12-27;1-2/h7-24,42-43H,5-6,41H2,1-4H3;1-2H3/b44-19?,45-20+;. The molecule has 7 rings (SSSR count). The van der Waals surface area contributed by atoms with Crippen LogP contribution in [0.25, 0.3) is 11.1 Å². The molecule has 8 nitrogen and oxygen atoms in total. The highest BCUT2D eigenvalue weighted by atomic mass is 16.5. The van der Waals surface area contributed by atoms with Crippen LogP contribution in [0.4, 0.5) is 22.7 Å². The Bertz CT molecular complexity index is 2020. The Hall–Kier alpha value is -5.89. The summed E-state index contributed by atoms with van der Waals surface area (Å²) in [6.07, 6.45) is 3.22. The second-order valence-corrected chi connectivity index (χ2v) is 12.1. The lowest BCUT2D eigenvalue weighted by molar-refractivity contribution is 0.0675. The smallest absolute Gasteiger partial charge is 0.275 e. The van der Waals surface area contributed by atoms with Gasteiger partial charge in [-0.1, -0.05) is 56.3 Å². The van der Waals surface area contributed by atoms with Gasteiger partial charge in [-0.3, -0.25) is 9.79 Å². The van der Waals surface area contributed by atoms with E-state index in [2.05, 4.69) is 55.5 Å². The van der Waals surface area contributed by atoms with Crippen molar-refractivity contribution in [2.75, 3.05) is 29.5 Å². The lowest BCUT2D eigenvalue weighted by atomic mass is 9.74. The number of amides is 1. The first-order valence-electron chi connectivity index (χ1n) is 17.3. The second-order valence-electron chi connectivity index (χ2n) is 12.1. The Morgan fingerprint density at radius 1 is 0.740 bits per heavy atom. The Balaban J connectivity index is 0.00000212. The molecule has 8 heteroatoms. The summed E-state index contributed by atoms with van der Waals surface area (Å²) in [5.74, 6) is 1.16. The zero-order valence-electron chi connectivity index (χ0n) is 29.5. The highest BCUT2D eigenvalue weighted by Gasteiger charge is 2.57. The predicted octanol–water partition coefficient (Wildman–Crippen LogP) is 9.68. The molecule has 0 aromatic heterocycles. The van der Waals surface area contributed by atoms with Crippen LogP contribution >= 0.6 is 0 Å². The number of hydrogen-bond acceptors (Lipinski definition) is 7. The van der Waals surface area contributed by atoms with Crippen LogP contribution in [0.2, 0.25) is 0 Å². The van der Waals surface area contributed by atoms with Crippen LogP contribution in [0.5, 0.6) is 11.5 Å². The molecule has 0 atom stereocenters. The first-order chi connectivity index (χ1) is 24.3. The fourth-order valence-corrected chi connectivity index (χ4v) is 6.79. The molecular weight excluding hydrogens is 621 g/mol. The van der Waals surface area contributed by atoms with Crippen LogP contribution in [0.15, 0.2) is 107 Å². The van der Waals surface area contributed by atoms with E-state index in [0.717, 1.165) is 74.8 Å². The number of aryl methyl sites for hydroxylation is 2. The van der Waals surface area contributed by atoms with Gasteiger partial charge in [0.2, 0.25) is 0 Å². The van der Waals surface area contributed by atoms with Crippen LogP contribution in [-0.4, -0.2) is 36.4 Å². The molecule has 2 aliphatic rings. The van der Waals surface area contributed by atoms with E-state index >= 15 is 0 Å². The van der Waals surface area contributed by atoms with E-state index in [0.29, 0.717) is 17.1 Å². The van der Waals surface area contributed by atoms with Crippen molar-refractivity contribution in [1.82, 2.24) is 5.01 Å². The van der Waals surface area contributed by atoms with Crippen molar-refractivity contribution in [3.05, 3.63) is 130 Å². The summed E-state index contributed by atoms with van der Waals surface area (Å²) in [4.78, 5) is 19.0. The van der Waals surface area contributed by atoms with Crippen LogP contribution in [0.1, 0.15) is 65.9 Å². The molecular formula is C42H44N6O2. The minimum atomic E-state index is -1.06. The number of fused-ring (bicyclic) bond motifs is 6. The van der Waals surface area contributed by atoms with Crippen LogP contribution in [0, 0.1) is 13.8 Å². The van der Waals surface area contributed by atoms with Gasteiger partial charge in [0.1, 0.15) is 17.0 Å². The second kappa shape index (κ2) is 14.3. The number of nitrogens with one attached hydrogen (secondary N) is 2. The fourth-order valence-electron chi connectivity index (χ4n) is 6.79. The SMILES string of the molecule is CC.CCNc1cc2c(cc1C)C1(c3cc(C)c(NCC)cc3O2)c2ccccc2C(=O)N1/N=C/C=Nc1ccc(-c2ccc(N)cc2)cc1. The van der Waals surface area contributed by atoms with E-state index in [1.807, 2.05) is 98.8 Å². The highest BCUT2D eigenvalue weighted by Crippen LogP contribution is 2.58. The molecule has 2 aliphatic heterocycles. The fraction of sp³-hybridized carbons (Fsp3) is 0.214. The number of nitrogens with zero attached hydrogens (tertiary/aromatic N) is 3. The molecule has 0 bridgehead atoms. The normalized spacial score (nSPS) is 13.8. The number of nitrogens with two attached hydrogens (primary N) is 1. The molecule has 0 aliphatic carbocycles. The predicted molar refractivity (Wildman–Crippen MR) is 208 cm³/mol. The van der Waals surface area contributed by atoms with Crippen molar-refractivity contribution in [3.8, 4) is 22.6 Å². The maximum Gasteiger partial charge on any atom is 0.275 e. The average molecular weight is 665 g/mol. The summed E-state index contributed by atoms with van der Waals surface area (Å²) < 4.78 is 6.68. The van der Waals surface area contributed by atoms with E-state index in [-0.39, 0.29) is 5.91 Å². The van der Waals surface area contributed by atoms with E-state index in [1.165, 1.54) is 0 Å². The van der Waals surface area contributed by atoms with Crippen LogP contribution in [0.3, 0.4) is 0 Å². The molecule has 254 valence electrons. The van der Waals surface area contributed by atoms with Crippen molar-refractivity contribution in [3.63, 3.8) is 0 Å². The first kappa shape index (κ1) is 34.0. The van der Waals surface area contributed by atoms with Gasteiger partial charge >= 0.3 is 0 Å². The monoisotopic (exact) mass is 664 g/mol. The zero-order valence-corrected chi connectivity index (χ0v) is 29.5. The summed E-state index contributed by atoms with van der Waals surface area (Å²) >= 11 is 0. The van der Waals surface area contributed by atoms with Gasteiger partial charge < -0.3 is 21.1 Å². The molecule has 50 heavy (non-hydrogen) atoms. The number of carbonyl (C=O) groups excluding carboxylic acids is 1. The summed E-state index contributed by atoms with van der Waals surface area (Å²) in [6, 6.07) is 31.8. The number of aliphatic imine (C=N–C) groups is 1. The zero-order chi connectivity index (χ0) is 35.4. The van der Waals surface area contributed by atoms with Gasteiger partial charge in [0.15, 0.2) is 0 Å². The maximum atomic E-state index is 14.4. The average Bonchev–Trinajstić information content (AvgIpc) is 3.38. The topological polar surface area (TPSA) is 104 Å². The molecule has 1 amide bonds. The van der Waals surface area contributed by atoms with Crippen LogP contribution in [-0.2, 0) is 5.54 Å². The third kappa shape index (κ3) is 5.87. The summed E-state index contributed by atoms with van der Waals surface area (Å²) in [7, 11) is 0. The van der Waals surface area contributed by atoms with Crippen LogP contribution < -0.4 is 21.1 Å². The lowest BCUT2D eigenvalue weighted by Crippen LogP contribution is -2.44. The molecule has 0 radical (unpaired) electrons. The minimum Gasteiger partial charge on any atom is -0.456 e. The number of rotatable bonds is 8. The van der Waals surface area contributed by atoms with Crippen molar-refractivity contribution < 1.29 is 9.53 Å². The Morgan fingerprint density at radius 2 is 1.28 bits per heavy atom. The Morgan fingerprint density at radius 3 is 1.84 bits per heavy atom. The molecule has 0 saturated carbocycles. The molecule has 0 saturated heterocycles. The quantitative estimate of drug-likeness (QED) is 0.113. The van der Waals surface area contributed by atoms with Crippen molar-refractivity contribution in [2.45, 2.75) is 47.1 Å². The number of carbonyl (C=O) groups is 1.